The number of carbonyl (C=O) groups is 1. The highest BCUT2D eigenvalue weighted by Gasteiger charge is 2.24. The Labute approximate surface area is 173 Å². The predicted octanol–water partition coefficient (Wildman–Crippen LogP) is 3.34. The average molecular weight is 402 g/mol. The molecule has 0 N–H and O–H groups in total. The smallest absolute Gasteiger partial charge is 0.254 e. The lowest BCUT2D eigenvalue weighted by Crippen LogP contribution is -2.36. The van der Waals surface area contributed by atoms with E-state index < -0.39 is 0 Å². The van der Waals surface area contributed by atoms with Gasteiger partial charge in [-0.25, -0.2) is 0 Å². The second-order valence-electron chi connectivity index (χ2n) is 7.57. The standard InChI is InChI=1S/C23H22N4O3/c28-23(19-4-1-5-20(12-19)27-15-24-25-16-27)26-8-10-29-14-17(13-26)11-18-3-2-6-22-21(18)7-9-30-22/h1-7,9,12,15-17H,8,10-11,13-14H2/t17-/m0/s1. The van der Waals surface area contributed by atoms with E-state index in [0.717, 1.165) is 23.1 Å². The summed E-state index contributed by atoms with van der Waals surface area (Å²) in [5.41, 5.74) is 3.62. The second kappa shape index (κ2) is 8.12. The molecular weight excluding hydrogens is 380 g/mol. The van der Waals surface area contributed by atoms with E-state index in [1.807, 2.05) is 47.4 Å². The van der Waals surface area contributed by atoms with Crippen molar-refractivity contribution in [1.82, 2.24) is 19.7 Å². The number of nitrogens with zero attached hydrogens (tertiary/aromatic N) is 4. The summed E-state index contributed by atoms with van der Waals surface area (Å²) in [6.07, 6.45) is 5.80. The SMILES string of the molecule is O=C(c1cccc(-n2cnnc2)c1)N1CCOC[C@@H](Cc2cccc3occc23)C1. The van der Waals surface area contributed by atoms with Crippen LogP contribution in [0.1, 0.15) is 15.9 Å². The van der Waals surface area contributed by atoms with Gasteiger partial charge in [-0.2, -0.15) is 0 Å². The van der Waals surface area contributed by atoms with Crippen molar-refractivity contribution in [3.8, 4) is 5.69 Å². The van der Waals surface area contributed by atoms with Gasteiger partial charge >= 0.3 is 0 Å². The van der Waals surface area contributed by atoms with Gasteiger partial charge in [0.25, 0.3) is 5.91 Å². The highest BCUT2D eigenvalue weighted by atomic mass is 16.5. The number of carbonyl (C=O) groups excluding carboxylic acids is 1. The quantitative estimate of drug-likeness (QED) is 0.523. The van der Waals surface area contributed by atoms with E-state index in [4.69, 9.17) is 9.15 Å². The Morgan fingerprint density at radius 1 is 1.10 bits per heavy atom. The third-order valence-corrected chi connectivity index (χ3v) is 5.53. The average Bonchev–Trinajstić information content (AvgIpc) is 3.43. The summed E-state index contributed by atoms with van der Waals surface area (Å²) in [6.45, 7) is 2.42. The largest absolute Gasteiger partial charge is 0.464 e. The lowest BCUT2D eigenvalue weighted by molar-refractivity contribution is 0.0737. The van der Waals surface area contributed by atoms with Gasteiger partial charge in [0.2, 0.25) is 0 Å². The Hall–Kier alpha value is -3.45. The van der Waals surface area contributed by atoms with E-state index in [-0.39, 0.29) is 11.8 Å². The van der Waals surface area contributed by atoms with Gasteiger partial charge < -0.3 is 14.1 Å². The maximum absolute atomic E-state index is 13.3. The molecule has 3 heterocycles. The first-order chi connectivity index (χ1) is 14.8. The molecule has 0 spiro atoms. The van der Waals surface area contributed by atoms with Crippen molar-refractivity contribution in [2.45, 2.75) is 6.42 Å². The zero-order valence-electron chi connectivity index (χ0n) is 16.5. The summed E-state index contributed by atoms with van der Waals surface area (Å²) in [4.78, 5) is 15.2. The molecule has 0 aliphatic carbocycles. The van der Waals surface area contributed by atoms with Crippen LogP contribution in [-0.2, 0) is 11.2 Å². The van der Waals surface area contributed by atoms with Gasteiger partial charge in [-0.1, -0.05) is 18.2 Å². The summed E-state index contributed by atoms with van der Waals surface area (Å²) in [5.74, 6) is 0.236. The number of amides is 1. The molecule has 1 atom stereocenters. The molecular formula is C23H22N4O3. The molecule has 5 rings (SSSR count). The van der Waals surface area contributed by atoms with Gasteiger partial charge in [-0.3, -0.25) is 9.36 Å². The number of fused-ring (bicyclic) bond motifs is 1. The summed E-state index contributed by atoms with van der Waals surface area (Å²) in [7, 11) is 0. The Morgan fingerprint density at radius 2 is 1.97 bits per heavy atom. The summed E-state index contributed by atoms with van der Waals surface area (Å²) < 4.78 is 13.1. The first-order valence-corrected chi connectivity index (χ1v) is 10.0. The third kappa shape index (κ3) is 3.71. The van der Waals surface area contributed by atoms with E-state index in [9.17, 15) is 4.79 Å². The van der Waals surface area contributed by atoms with E-state index >= 15 is 0 Å². The minimum Gasteiger partial charge on any atom is -0.464 e. The van der Waals surface area contributed by atoms with Crippen LogP contribution in [0.5, 0.6) is 0 Å². The molecule has 2 aromatic heterocycles. The molecule has 1 saturated heterocycles. The van der Waals surface area contributed by atoms with Crippen LogP contribution in [-0.4, -0.2) is 51.9 Å². The minimum absolute atomic E-state index is 0.0157. The Morgan fingerprint density at radius 3 is 2.87 bits per heavy atom. The second-order valence-corrected chi connectivity index (χ2v) is 7.57. The fourth-order valence-electron chi connectivity index (χ4n) is 4.05. The zero-order chi connectivity index (χ0) is 20.3. The topological polar surface area (TPSA) is 73.4 Å². The molecule has 0 saturated carbocycles. The monoisotopic (exact) mass is 402 g/mol. The van der Waals surface area contributed by atoms with Gasteiger partial charge in [0, 0.05) is 35.6 Å². The maximum atomic E-state index is 13.3. The molecule has 0 bridgehead atoms. The normalized spacial score (nSPS) is 17.2. The Balaban J connectivity index is 1.35. The maximum Gasteiger partial charge on any atom is 0.254 e. The van der Waals surface area contributed by atoms with Crippen LogP contribution in [0.4, 0.5) is 0 Å². The van der Waals surface area contributed by atoms with Crippen LogP contribution in [0.15, 0.2) is 71.9 Å². The van der Waals surface area contributed by atoms with Crippen molar-refractivity contribution in [3.63, 3.8) is 0 Å². The summed E-state index contributed by atoms with van der Waals surface area (Å²) >= 11 is 0. The zero-order valence-corrected chi connectivity index (χ0v) is 16.5. The highest BCUT2D eigenvalue weighted by Crippen LogP contribution is 2.24. The van der Waals surface area contributed by atoms with Crippen molar-refractivity contribution in [1.29, 1.82) is 0 Å². The van der Waals surface area contributed by atoms with Gasteiger partial charge in [-0.15, -0.1) is 10.2 Å². The molecule has 2 aromatic carbocycles. The van der Waals surface area contributed by atoms with Crippen LogP contribution < -0.4 is 0 Å². The number of rotatable bonds is 4. The molecule has 4 aromatic rings. The molecule has 1 aliphatic heterocycles. The highest BCUT2D eigenvalue weighted by molar-refractivity contribution is 5.94. The summed E-state index contributed by atoms with van der Waals surface area (Å²) in [6, 6.07) is 15.6. The molecule has 7 heteroatoms. The molecule has 1 fully saturated rings. The van der Waals surface area contributed by atoms with E-state index in [0.29, 0.717) is 31.9 Å². The van der Waals surface area contributed by atoms with Crippen LogP contribution in [0.3, 0.4) is 0 Å². The molecule has 7 nitrogen and oxygen atoms in total. The number of hydrogen-bond donors (Lipinski definition) is 0. The number of furan rings is 1. The molecule has 30 heavy (non-hydrogen) atoms. The van der Waals surface area contributed by atoms with Gasteiger partial charge in [0.1, 0.15) is 18.2 Å². The van der Waals surface area contributed by atoms with E-state index in [1.54, 1.807) is 23.5 Å². The van der Waals surface area contributed by atoms with Gasteiger partial charge in [0.05, 0.1) is 19.5 Å². The van der Waals surface area contributed by atoms with Crippen molar-refractivity contribution < 1.29 is 13.9 Å². The first kappa shape index (κ1) is 18.6. The Bertz CT molecular complexity index is 1150. The van der Waals surface area contributed by atoms with Gasteiger partial charge in [-0.05, 0) is 42.3 Å². The number of hydrogen-bond acceptors (Lipinski definition) is 5. The molecule has 152 valence electrons. The fourth-order valence-corrected chi connectivity index (χ4v) is 4.05. The molecule has 1 amide bonds. The molecule has 0 unspecified atom stereocenters. The molecule has 1 aliphatic rings. The van der Waals surface area contributed by atoms with Crippen molar-refractivity contribution in [2.75, 3.05) is 26.3 Å². The van der Waals surface area contributed by atoms with Crippen LogP contribution >= 0.6 is 0 Å². The van der Waals surface area contributed by atoms with E-state index in [1.165, 1.54) is 5.56 Å². The van der Waals surface area contributed by atoms with Crippen molar-refractivity contribution >= 4 is 16.9 Å². The molecule has 0 radical (unpaired) electrons. The number of aromatic nitrogens is 3. The lowest BCUT2D eigenvalue weighted by Gasteiger charge is -2.24. The lowest BCUT2D eigenvalue weighted by atomic mass is 9.97. The van der Waals surface area contributed by atoms with Crippen LogP contribution in [0, 0.1) is 5.92 Å². The number of benzene rings is 2. The number of ether oxygens (including phenoxy) is 1. The minimum atomic E-state index is 0.0157. The fraction of sp³-hybridized carbons (Fsp3) is 0.261. The van der Waals surface area contributed by atoms with Gasteiger partial charge in [0.15, 0.2) is 0 Å². The van der Waals surface area contributed by atoms with Crippen LogP contribution in [0.2, 0.25) is 0 Å². The third-order valence-electron chi connectivity index (χ3n) is 5.53. The predicted molar refractivity (Wildman–Crippen MR) is 111 cm³/mol. The summed E-state index contributed by atoms with van der Waals surface area (Å²) in [5, 5.41) is 8.80. The Kier molecular flexibility index (Phi) is 5.03. The first-order valence-electron chi connectivity index (χ1n) is 10.0. The van der Waals surface area contributed by atoms with Crippen LogP contribution in [0.25, 0.3) is 16.7 Å². The van der Waals surface area contributed by atoms with Crippen molar-refractivity contribution in [2.24, 2.45) is 5.92 Å². The van der Waals surface area contributed by atoms with E-state index in [2.05, 4.69) is 16.3 Å². The van der Waals surface area contributed by atoms with Crippen molar-refractivity contribution in [3.05, 3.63) is 78.6 Å².